The van der Waals surface area contributed by atoms with Gasteiger partial charge in [-0.05, 0) is 18.9 Å². The van der Waals surface area contributed by atoms with Crippen LogP contribution in [0.3, 0.4) is 0 Å². The van der Waals surface area contributed by atoms with Crippen LogP contribution in [0, 0.1) is 0 Å². The first kappa shape index (κ1) is 17.2. The number of hydrogen-bond donors (Lipinski definition) is 2. The number of nitrogens with two attached hydrogens (primary N) is 2. The van der Waals surface area contributed by atoms with E-state index in [0.717, 1.165) is 5.56 Å². The fourth-order valence-electron chi connectivity index (χ4n) is 2.57. The molecule has 1 saturated heterocycles. The third kappa shape index (κ3) is 3.76. The maximum atomic E-state index is 11.0. The van der Waals surface area contributed by atoms with Gasteiger partial charge in [0.25, 0.3) is 0 Å². The minimum atomic E-state index is -4.04. The van der Waals surface area contributed by atoms with Crippen LogP contribution in [0.1, 0.15) is 38.4 Å². The van der Waals surface area contributed by atoms with E-state index in [-0.39, 0.29) is 6.61 Å². The molecule has 0 bridgehead atoms. The first-order valence-electron chi connectivity index (χ1n) is 7.17. The van der Waals surface area contributed by atoms with Gasteiger partial charge in [0.15, 0.2) is 5.79 Å². The van der Waals surface area contributed by atoms with E-state index < -0.39 is 28.3 Å². The molecule has 0 amide bonds. The monoisotopic (exact) mass is 330 g/mol. The number of anilines is 1. The summed E-state index contributed by atoms with van der Waals surface area (Å²) in [5.74, 6) is -0.778. The molecular formula is C14H22N2O5S. The lowest BCUT2D eigenvalue weighted by Crippen LogP contribution is -2.31. The van der Waals surface area contributed by atoms with Crippen LogP contribution in [0.4, 0.5) is 5.69 Å². The molecule has 0 aliphatic carbocycles. The Morgan fingerprint density at radius 2 is 1.86 bits per heavy atom. The molecule has 0 radical (unpaired) electrons. The average molecular weight is 330 g/mol. The molecule has 1 fully saturated rings. The van der Waals surface area contributed by atoms with Crippen LogP contribution in [0.5, 0.6) is 0 Å². The van der Waals surface area contributed by atoms with Crippen molar-refractivity contribution >= 4 is 16.0 Å². The minimum absolute atomic E-state index is 0.223. The Hall–Kier alpha value is -1.19. The van der Waals surface area contributed by atoms with Gasteiger partial charge in [0, 0.05) is 11.3 Å². The lowest BCUT2D eigenvalue weighted by Gasteiger charge is -2.25. The summed E-state index contributed by atoms with van der Waals surface area (Å²) in [5, 5.41) is 4.89. The highest BCUT2D eigenvalue weighted by Gasteiger charge is 2.46. The van der Waals surface area contributed by atoms with Crippen LogP contribution in [0.2, 0.25) is 0 Å². The Labute approximate surface area is 130 Å². The molecule has 7 nitrogen and oxygen atoms in total. The van der Waals surface area contributed by atoms with Gasteiger partial charge in [-0.25, -0.2) is 5.14 Å². The predicted molar refractivity (Wildman–Crippen MR) is 81.9 cm³/mol. The molecule has 8 heteroatoms. The highest BCUT2D eigenvalue weighted by atomic mass is 32.2. The number of para-hydroxylation sites is 1. The van der Waals surface area contributed by atoms with Gasteiger partial charge in [-0.2, -0.15) is 8.42 Å². The molecule has 124 valence electrons. The second kappa shape index (κ2) is 6.51. The van der Waals surface area contributed by atoms with Gasteiger partial charge in [-0.15, -0.1) is 0 Å². The van der Waals surface area contributed by atoms with Gasteiger partial charge < -0.3 is 15.2 Å². The average Bonchev–Trinajstić information content (AvgIpc) is 2.85. The Kier molecular flexibility index (Phi) is 5.08. The van der Waals surface area contributed by atoms with Crippen LogP contribution in [-0.2, 0) is 24.0 Å². The number of hydrogen-bond acceptors (Lipinski definition) is 6. The van der Waals surface area contributed by atoms with Crippen LogP contribution >= 0.6 is 0 Å². The molecule has 1 aromatic rings. The summed E-state index contributed by atoms with van der Waals surface area (Å²) in [6.45, 7) is 3.66. The van der Waals surface area contributed by atoms with Gasteiger partial charge in [0.2, 0.25) is 0 Å². The zero-order valence-corrected chi connectivity index (χ0v) is 13.5. The Balaban J connectivity index is 2.29. The molecule has 0 saturated carbocycles. The van der Waals surface area contributed by atoms with E-state index in [1.807, 2.05) is 32.0 Å². The highest BCUT2D eigenvalue weighted by molar-refractivity contribution is 7.84. The fourth-order valence-corrected chi connectivity index (χ4v) is 2.90. The normalized spacial score (nSPS) is 24.5. The Bertz CT molecular complexity index is 615. The van der Waals surface area contributed by atoms with Crippen molar-refractivity contribution in [2.24, 2.45) is 5.14 Å². The van der Waals surface area contributed by atoms with E-state index in [1.54, 1.807) is 6.07 Å². The first-order chi connectivity index (χ1) is 10.3. The number of benzene rings is 1. The predicted octanol–water partition coefficient (Wildman–Crippen LogP) is 1.46. The summed E-state index contributed by atoms with van der Waals surface area (Å²) < 4.78 is 38.8. The van der Waals surface area contributed by atoms with Crippen molar-refractivity contribution in [2.45, 2.75) is 44.7 Å². The lowest BCUT2D eigenvalue weighted by molar-refractivity contribution is -0.181. The van der Waals surface area contributed by atoms with Gasteiger partial charge in [-0.3, -0.25) is 4.18 Å². The molecule has 0 spiro atoms. The quantitative estimate of drug-likeness (QED) is 0.763. The lowest BCUT2D eigenvalue weighted by atomic mass is 10.0. The molecule has 1 heterocycles. The Morgan fingerprint density at radius 1 is 1.23 bits per heavy atom. The van der Waals surface area contributed by atoms with Crippen molar-refractivity contribution in [3.05, 3.63) is 29.8 Å². The van der Waals surface area contributed by atoms with E-state index in [9.17, 15) is 8.42 Å². The summed E-state index contributed by atoms with van der Waals surface area (Å²) in [6.07, 6.45) is 0.128. The molecule has 2 atom stereocenters. The summed E-state index contributed by atoms with van der Waals surface area (Å²) in [4.78, 5) is 0. The molecule has 4 N–H and O–H groups in total. The second-order valence-electron chi connectivity index (χ2n) is 5.22. The molecule has 1 aromatic carbocycles. The van der Waals surface area contributed by atoms with Gasteiger partial charge in [-0.1, -0.05) is 32.0 Å². The van der Waals surface area contributed by atoms with Gasteiger partial charge >= 0.3 is 10.3 Å². The topological polar surface area (TPSA) is 114 Å². The SMILES string of the molecule is CCC1(CC)OC(COS(N)(=O)=O)C(c2ccccc2N)O1. The third-order valence-electron chi connectivity index (χ3n) is 3.82. The highest BCUT2D eigenvalue weighted by Crippen LogP contribution is 2.43. The third-order valence-corrected chi connectivity index (χ3v) is 4.29. The van der Waals surface area contributed by atoms with Gasteiger partial charge in [0.05, 0.1) is 6.61 Å². The maximum absolute atomic E-state index is 11.0. The van der Waals surface area contributed by atoms with Crippen LogP contribution in [-0.4, -0.2) is 26.9 Å². The van der Waals surface area contributed by atoms with Crippen molar-refractivity contribution < 1.29 is 22.1 Å². The standard InChI is InChI=1S/C14H22N2O5S/c1-3-14(4-2)20-12(9-19-22(16,17)18)13(21-14)10-7-5-6-8-11(10)15/h5-8,12-13H,3-4,9,15H2,1-2H3,(H2,16,17,18). The molecule has 1 aliphatic rings. The fraction of sp³-hybridized carbons (Fsp3) is 0.571. The van der Waals surface area contributed by atoms with E-state index in [1.165, 1.54) is 0 Å². The van der Waals surface area contributed by atoms with Crippen molar-refractivity contribution in [1.82, 2.24) is 0 Å². The number of nitrogen functional groups attached to an aromatic ring is 1. The molecule has 2 rings (SSSR count). The largest absolute Gasteiger partial charge is 0.398 e. The first-order valence-corrected chi connectivity index (χ1v) is 8.64. The summed E-state index contributed by atoms with van der Waals surface area (Å²) in [6, 6.07) is 7.24. The van der Waals surface area contributed by atoms with E-state index in [0.29, 0.717) is 18.5 Å². The summed E-state index contributed by atoms with van der Waals surface area (Å²) >= 11 is 0. The van der Waals surface area contributed by atoms with Crippen molar-refractivity contribution in [2.75, 3.05) is 12.3 Å². The van der Waals surface area contributed by atoms with Crippen molar-refractivity contribution in [1.29, 1.82) is 0 Å². The van der Waals surface area contributed by atoms with Crippen LogP contribution < -0.4 is 10.9 Å². The summed E-state index contributed by atoms with van der Waals surface area (Å²) in [7, 11) is -4.04. The summed E-state index contributed by atoms with van der Waals surface area (Å²) in [5.41, 5.74) is 7.30. The molecule has 1 aliphatic heterocycles. The smallest absolute Gasteiger partial charge is 0.333 e. The molecule has 0 aromatic heterocycles. The number of ether oxygens (including phenoxy) is 2. The van der Waals surface area contributed by atoms with E-state index in [2.05, 4.69) is 0 Å². The second-order valence-corrected chi connectivity index (χ2v) is 6.44. The van der Waals surface area contributed by atoms with Crippen LogP contribution in [0.15, 0.2) is 24.3 Å². The van der Waals surface area contributed by atoms with Crippen molar-refractivity contribution in [3.63, 3.8) is 0 Å². The molecule has 22 heavy (non-hydrogen) atoms. The van der Waals surface area contributed by atoms with Crippen LogP contribution in [0.25, 0.3) is 0 Å². The van der Waals surface area contributed by atoms with Gasteiger partial charge in [0.1, 0.15) is 12.2 Å². The number of rotatable bonds is 6. The molecule has 2 unspecified atom stereocenters. The zero-order valence-electron chi connectivity index (χ0n) is 12.7. The van der Waals surface area contributed by atoms with Crippen molar-refractivity contribution in [3.8, 4) is 0 Å². The van der Waals surface area contributed by atoms with E-state index >= 15 is 0 Å². The zero-order chi connectivity index (χ0) is 16.4. The maximum Gasteiger partial charge on any atom is 0.333 e. The Morgan fingerprint density at radius 3 is 2.41 bits per heavy atom. The minimum Gasteiger partial charge on any atom is -0.398 e. The van der Waals surface area contributed by atoms with E-state index in [4.69, 9.17) is 24.5 Å². The molecular weight excluding hydrogens is 308 g/mol.